The largest absolute Gasteiger partial charge is 0.494 e. The minimum Gasteiger partial charge on any atom is -0.494 e. The summed E-state index contributed by atoms with van der Waals surface area (Å²) in [5, 5.41) is 0.411. The fraction of sp³-hybridized carbons (Fsp3) is 0.462. The molecule has 0 radical (unpaired) electrons. The monoisotopic (exact) mass is 532 g/mol. The molecule has 1 saturated carbocycles. The Kier molecular flexibility index (Phi) is 7.34. The van der Waals surface area contributed by atoms with Crippen molar-refractivity contribution in [2.45, 2.75) is 32.1 Å². The van der Waals surface area contributed by atoms with Gasteiger partial charge in [0.05, 0.1) is 23.6 Å². The summed E-state index contributed by atoms with van der Waals surface area (Å²) in [5.41, 5.74) is 1.92. The van der Waals surface area contributed by atoms with Crippen molar-refractivity contribution >= 4 is 39.3 Å². The lowest BCUT2D eigenvalue weighted by atomic mass is 9.90. The highest BCUT2D eigenvalue weighted by Crippen LogP contribution is 2.60. The second-order valence-corrected chi connectivity index (χ2v) is 10.8. The molecule has 33 heavy (non-hydrogen) atoms. The van der Waals surface area contributed by atoms with Gasteiger partial charge >= 0.3 is 0 Å². The molecular weight excluding hydrogens is 504 g/mol. The van der Waals surface area contributed by atoms with Gasteiger partial charge in [-0.3, -0.25) is 9.59 Å². The summed E-state index contributed by atoms with van der Waals surface area (Å²) < 4.78 is 6.93. The first kappa shape index (κ1) is 24.1. The van der Waals surface area contributed by atoms with Gasteiger partial charge in [-0.25, -0.2) is 0 Å². The zero-order chi connectivity index (χ0) is 23.6. The Labute approximate surface area is 209 Å². The van der Waals surface area contributed by atoms with Gasteiger partial charge < -0.3 is 14.5 Å². The van der Waals surface area contributed by atoms with Crippen molar-refractivity contribution in [2.24, 2.45) is 11.3 Å². The van der Waals surface area contributed by atoms with Crippen molar-refractivity contribution < 1.29 is 14.3 Å². The Hall–Kier alpha value is -2.05. The van der Waals surface area contributed by atoms with Crippen LogP contribution in [-0.2, 0) is 11.2 Å². The van der Waals surface area contributed by atoms with Crippen LogP contribution in [-0.4, -0.2) is 55.4 Å². The van der Waals surface area contributed by atoms with Crippen LogP contribution in [0.5, 0.6) is 5.75 Å². The molecule has 0 bridgehead atoms. The minimum atomic E-state index is -0.118. The van der Waals surface area contributed by atoms with Crippen LogP contribution >= 0.6 is 27.5 Å². The van der Waals surface area contributed by atoms with E-state index in [-0.39, 0.29) is 11.8 Å². The smallest absolute Gasteiger partial charge is 0.254 e. The average molecular weight is 534 g/mol. The van der Waals surface area contributed by atoms with Gasteiger partial charge in [-0.15, -0.1) is 0 Å². The number of hydrogen-bond acceptors (Lipinski definition) is 3. The molecule has 2 aliphatic rings. The molecule has 0 aromatic heterocycles. The van der Waals surface area contributed by atoms with Gasteiger partial charge in [0.1, 0.15) is 5.75 Å². The number of carbonyl (C=O) groups excluding carboxylic acids is 2. The Morgan fingerprint density at radius 2 is 1.94 bits per heavy atom. The molecule has 2 amide bonds. The van der Waals surface area contributed by atoms with E-state index in [0.717, 1.165) is 42.4 Å². The van der Waals surface area contributed by atoms with Crippen LogP contribution < -0.4 is 4.74 Å². The van der Waals surface area contributed by atoms with Crippen molar-refractivity contribution in [3.63, 3.8) is 0 Å². The third-order valence-electron chi connectivity index (χ3n) is 7.03. The van der Waals surface area contributed by atoms with Crippen LogP contribution in [0.15, 0.2) is 46.9 Å². The standard InChI is InChI=1S/C26H30BrClN2O3/c1-29(2)25(32)22-7-6-21(16-23(22)28)33-13-8-19-17-26(19)9-11-30(12-10-26)24(31)15-18-4-3-5-20(27)14-18/h3-7,14,16,19H,8-13,15,17H2,1-2H3. The number of piperidine rings is 1. The summed E-state index contributed by atoms with van der Waals surface area (Å²) in [6.07, 6.45) is 4.85. The van der Waals surface area contributed by atoms with Crippen LogP contribution in [0.25, 0.3) is 0 Å². The average Bonchev–Trinajstić information content (AvgIpc) is 3.44. The minimum absolute atomic E-state index is 0.118. The molecule has 1 atom stereocenters. The molecule has 1 unspecified atom stereocenters. The quantitative estimate of drug-likeness (QED) is 0.476. The van der Waals surface area contributed by atoms with E-state index in [2.05, 4.69) is 15.9 Å². The van der Waals surface area contributed by atoms with Crippen molar-refractivity contribution in [3.8, 4) is 5.75 Å². The summed E-state index contributed by atoms with van der Waals surface area (Å²) in [6, 6.07) is 13.2. The van der Waals surface area contributed by atoms with E-state index in [1.807, 2.05) is 29.2 Å². The molecule has 176 valence electrons. The van der Waals surface area contributed by atoms with Crippen LogP contribution in [0.2, 0.25) is 5.02 Å². The lowest BCUT2D eigenvalue weighted by molar-refractivity contribution is -0.132. The molecule has 4 rings (SSSR count). The van der Waals surface area contributed by atoms with E-state index >= 15 is 0 Å². The molecule has 0 N–H and O–H groups in total. The van der Waals surface area contributed by atoms with E-state index in [1.165, 1.54) is 11.3 Å². The maximum atomic E-state index is 12.7. The molecular formula is C26H30BrClN2O3. The summed E-state index contributed by atoms with van der Waals surface area (Å²) in [6.45, 7) is 2.33. The molecule has 7 heteroatoms. The maximum absolute atomic E-state index is 12.7. The fourth-order valence-corrected chi connectivity index (χ4v) is 5.60. The third-order valence-corrected chi connectivity index (χ3v) is 7.83. The van der Waals surface area contributed by atoms with E-state index in [1.54, 1.807) is 32.3 Å². The predicted molar refractivity (Wildman–Crippen MR) is 134 cm³/mol. The summed E-state index contributed by atoms with van der Waals surface area (Å²) in [4.78, 5) is 28.3. The molecule has 1 saturated heterocycles. The highest BCUT2D eigenvalue weighted by molar-refractivity contribution is 9.10. The Morgan fingerprint density at radius 3 is 2.61 bits per heavy atom. The van der Waals surface area contributed by atoms with Crippen molar-refractivity contribution in [1.29, 1.82) is 0 Å². The highest BCUT2D eigenvalue weighted by atomic mass is 79.9. The number of amides is 2. The van der Waals surface area contributed by atoms with E-state index in [0.29, 0.717) is 40.7 Å². The SMILES string of the molecule is CN(C)C(=O)c1ccc(OCCC2CC23CCN(C(=O)Cc2cccc(Br)c2)CC3)cc1Cl. The number of carbonyl (C=O) groups is 2. The Morgan fingerprint density at radius 1 is 1.18 bits per heavy atom. The predicted octanol–water partition coefficient (Wildman–Crippen LogP) is 5.44. The number of likely N-dealkylation sites (tertiary alicyclic amines) is 1. The first-order valence-electron chi connectivity index (χ1n) is 11.4. The van der Waals surface area contributed by atoms with Crippen LogP contribution in [0.4, 0.5) is 0 Å². The molecule has 2 aromatic carbocycles. The zero-order valence-corrected chi connectivity index (χ0v) is 21.5. The lowest BCUT2D eigenvalue weighted by Crippen LogP contribution is -2.40. The second-order valence-electron chi connectivity index (χ2n) is 9.43. The third kappa shape index (κ3) is 5.72. The van der Waals surface area contributed by atoms with Gasteiger partial charge in [-0.05, 0) is 72.9 Å². The zero-order valence-electron chi connectivity index (χ0n) is 19.2. The highest BCUT2D eigenvalue weighted by Gasteiger charge is 2.54. The van der Waals surface area contributed by atoms with Crippen molar-refractivity contribution in [2.75, 3.05) is 33.8 Å². The Bertz CT molecular complexity index is 1030. The van der Waals surface area contributed by atoms with Gasteiger partial charge in [-0.2, -0.15) is 0 Å². The number of nitrogens with zero attached hydrogens (tertiary/aromatic N) is 2. The molecule has 1 aliphatic carbocycles. The second kappa shape index (κ2) is 10.1. The van der Waals surface area contributed by atoms with Crippen LogP contribution in [0, 0.1) is 11.3 Å². The lowest BCUT2D eigenvalue weighted by Gasteiger charge is -2.33. The normalized spacial score (nSPS) is 18.8. The molecule has 1 aliphatic heterocycles. The number of rotatable bonds is 7. The van der Waals surface area contributed by atoms with Gasteiger partial charge in [0.2, 0.25) is 5.91 Å². The summed E-state index contributed by atoms with van der Waals surface area (Å²) in [7, 11) is 3.41. The number of ether oxygens (including phenoxy) is 1. The fourth-order valence-electron chi connectivity index (χ4n) is 4.91. The van der Waals surface area contributed by atoms with Crippen LogP contribution in [0.3, 0.4) is 0 Å². The van der Waals surface area contributed by atoms with Crippen molar-refractivity contribution in [1.82, 2.24) is 9.80 Å². The van der Waals surface area contributed by atoms with Crippen molar-refractivity contribution in [3.05, 3.63) is 63.1 Å². The first-order chi connectivity index (χ1) is 15.8. The molecule has 2 aromatic rings. The van der Waals surface area contributed by atoms with E-state index in [9.17, 15) is 9.59 Å². The summed E-state index contributed by atoms with van der Waals surface area (Å²) >= 11 is 9.75. The first-order valence-corrected chi connectivity index (χ1v) is 12.6. The summed E-state index contributed by atoms with van der Waals surface area (Å²) in [5.74, 6) is 1.45. The maximum Gasteiger partial charge on any atom is 0.254 e. The molecule has 5 nitrogen and oxygen atoms in total. The van der Waals surface area contributed by atoms with E-state index in [4.69, 9.17) is 16.3 Å². The number of benzene rings is 2. The molecule has 2 fully saturated rings. The topological polar surface area (TPSA) is 49.9 Å². The van der Waals surface area contributed by atoms with E-state index < -0.39 is 0 Å². The van der Waals surface area contributed by atoms with Gasteiger partial charge in [0.15, 0.2) is 0 Å². The Balaban J connectivity index is 1.21. The molecule has 1 heterocycles. The van der Waals surface area contributed by atoms with Gasteiger partial charge in [0, 0.05) is 31.7 Å². The number of halogens is 2. The van der Waals surface area contributed by atoms with Gasteiger partial charge in [-0.1, -0.05) is 39.7 Å². The molecule has 1 spiro atoms. The number of hydrogen-bond donors (Lipinski definition) is 0. The van der Waals surface area contributed by atoms with Crippen LogP contribution in [0.1, 0.15) is 41.6 Å². The van der Waals surface area contributed by atoms with Gasteiger partial charge in [0.25, 0.3) is 5.91 Å².